The molecule has 0 spiro atoms. The first-order chi connectivity index (χ1) is 8.08. The number of rotatable bonds is 2. The molecule has 0 saturated carbocycles. The van der Waals surface area contributed by atoms with Crippen LogP contribution in [-0.4, -0.2) is 17.0 Å². The third-order valence-electron chi connectivity index (χ3n) is 4.08. The van der Waals surface area contributed by atoms with Crippen molar-refractivity contribution in [2.24, 2.45) is 0 Å². The van der Waals surface area contributed by atoms with Crippen LogP contribution in [0.5, 0.6) is 0 Å². The summed E-state index contributed by atoms with van der Waals surface area (Å²) in [6.45, 7) is 7.84. The van der Waals surface area contributed by atoms with E-state index in [1.165, 1.54) is 30.4 Å². The molecule has 0 radical (unpaired) electrons. The van der Waals surface area contributed by atoms with E-state index in [2.05, 4.69) is 37.8 Å². The SMILES string of the molecule is Cc1cc(CN2C(C)CCCC2C)ccc1N. The van der Waals surface area contributed by atoms with Gasteiger partial charge in [-0.05, 0) is 50.8 Å². The summed E-state index contributed by atoms with van der Waals surface area (Å²) in [5.41, 5.74) is 9.34. The van der Waals surface area contributed by atoms with Crippen LogP contribution in [0, 0.1) is 6.92 Å². The number of piperidine rings is 1. The maximum atomic E-state index is 5.86. The molecule has 0 aromatic heterocycles. The summed E-state index contributed by atoms with van der Waals surface area (Å²) in [7, 11) is 0. The lowest BCUT2D eigenvalue weighted by molar-refractivity contribution is 0.0953. The van der Waals surface area contributed by atoms with E-state index in [1.807, 2.05) is 6.07 Å². The van der Waals surface area contributed by atoms with E-state index >= 15 is 0 Å². The van der Waals surface area contributed by atoms with Crippen LogP contribution >= 0.6 is 0 Å². The van der Waals surface area contributed by atoms with E-state index in [0.29, 0.717) is 12.1 Å². The van der Waals surface area contributed by atoms with Crippen LogP contribution in [0.25, 0.3) is 0 Å². The number of anilines is 1. The van der Waals surface area contributed by atoms with E-state index in [4.69, 9.17) is 5.73 Å². The molecule has 1 heterocycles. The van der Waals surface area contributed by atoms with Crippen molar-refractivity contribution in [3.63, 3.8) is 0 Å². The molecular weight excluding hydrogens is 208 g/mol. The van der Waals surface area contributed by atoms with E-state index in [1.54, 1.807) is 0 Å². The summed E-state index contributed by atoms with van der Waals surface area (Å²) in [6, 6.07) is 7.83. The highest BCUT2D eigenvalue weighted by molar-refractivity contribution is 5.47. The second-order valence-electron chi connectivity index (χ2n) is 5.49. The van der Waals surface area contributed by atoms with Gasteiger partial charge < -0.3 is 5.73 Å². The number of nitrogens with zero attached hydrogens (tertiary/aromatic N) is 1. The Morgan fingerprint density at radius 1 is 1.24 bits per heavy atom. The molecule has 0 amide bonds. The Balaban J connectivity index is 2.10. The molecule has 0 bridgehead atoms. The number of likely N-dealkylation sites (tertiary alicyclic amines) is 1. The molecule has 1 aromatic carbocycles. The lowest BCUT2D eigenvalue weighted by Gasteiger charge is -2.39. The molecular formula is C15H24N2. The Kier molecular flexibility index (Phi) is 3.72. The van der Waals surface area contributed by atoms with Crippen LogP contribution in [0.15, 0.2) is 18.2 Å². The normalized spacial score (nSPS) is 26.1. The highest BCUT2D eigenvalue weighted by Gasteiger charge is 2.24. The number of benzene rings is 1. The number of hydrogen-bond acceptors (Lipinski definition) is 2. The molecule has 2 nitrogen and oxygen atoms in total. The van der Waals surface area contributed by atoms with Crippen molar-refractivity contribution in [1.82, 2.24) is 4.90 Å². The first-order valence-electron chi connectivity index (χ1n) is 6.68. The fraction of sp³-hybridized carbons (Fsp3) is 0.600. The van der Waals surface area contributed by atoms with Crippen molar-refractivity contribution in [3.05, 3.63) is 29.3 Å². The minimum atomic E-state index is 0.705. The van der Waals surface area contributed by atoms with Gasteiger partial charge in [0.05, 0.1) is 0 Å². The molecule has 1 fully saturated rings. The van der Waals surface area contributed by atoms with Crippen molar-refractivity contribution in [3.8, 4) is 0 Å². The van der Waals surface area contributed by atoms with Gasteiger partial charge in [-0.3, -0.25) is 4.90 Å². The average Bonchev–Trinajstić information content (AvgIpc) is 2.28. The van der Waals surface area contributed by atoms with E-state index in [0.717, 1.165) is 12.2 Å². The molecule has 2 atom stereocenters. The molecule has 0 aliphatic carbocycles. The molecule has 17 heavy (non-hydrogen) atoms. The van der Waals surface area contributed by atoms with Crippen LogP contribution in [-0.2, 0) is 6.54 Å². The number of nitrogen functional groups attached to an aromatic ring is 1. The molecule has 2 heteroatoms. The summed E-state index contributed by atoms with van der Waals surface area (Å²) in [5.74, 6) is 0. The summed E-state index contributed by atoms with van der Waals surface area (Å²) in [6.07, 6.45) is 4.04. The molecule has 2 rings (SSSR count). The van der Waals surface area contributed by atoms with Crippen LogP contribution in [0.2, 0.25) is 0 Å². The minimum Gasteiger partial charge on any atom is -0.399 e. The Labute approximate surface area is 105 Å². The van der Waals surface area contributed by atoms with E-state index in [9.17, 15) is 0 Å². The lowest BCUT2D eigenvalue weighted by Crippen LogP contribution is -2.42. The first kappa shape index (κ1) is 12.4. The quantitative estimate of drug-likeness (QED) is 0.792. The van der Waals surface area contributed by atoms with Gasteiger partial charge >= 0.3 is 0 Å². The third-order valence-corrected chi connectivity index (χ3v) is 4.08. The Morgan fingerprint density at radius 2 is 1.88 bits per heavy atom. The molecule has 94 valence electrons. The van der Waals surface area contributed by atoms with E-state index < -0.39 is 0 Å². The predicted octanol–water partition coefficient (Wildman–Crippen LogP) is 3.34. The first-order valence-corrected chi connectivity index (χ1v) is 6.68. The van der Waals surface area contributed by atoms with Gasteiger partial charge in [-0.15, -0.1) is 0 Å². The summed E-state index contributed by atoms with van der Waals surface area (Å²) in [5, 5.41) is 0. The highest BCUT2D eigenvalue weighted by atomic mass is 15.2. The molecule has 2 N–H and O–H groups in total. The van der Waals surface area contributed by atoms with Crippen molar-refractivity contribution in [2.75, 3.05) is 5.73 Å². The molecule has 2 unspecified atom stereocenters. The van der Waals surface area contributed by atoms with Crippen molar-refractivity contribution >= 4 is 5.69 Å². The van der Waals surface area contributed by atoms with Gasteiger partial charge in [-0.25, -0.2) is 0 Å². The summed E-state index contributed by atoms with van der Waals surface area (Å²) in [4.78, 5) is 2.62. The standard InChI is InChI=1S/C15H24N2/c1-11-9-14(7-8-15(11)16)10-17-12(2)5-4-6-13(17)3/h7-9,12-13H,4-6,10,16H2,1-3H3. The predicted molar refractivity (Wildman–Crippen MR) is 73.9 cm³/mol. The fourth-order valence-electron chi connectivity index (χ4n) is 2.83. The zero-order valence-corrected chi connectivity index (χ0v) is 11.2. The zero-order chi connectivity index (χ0) is 12.4. The maximum Gasteiger partial charge on any atom is 0.0343 e. The van der Waals surface area contributed by atoms with Crippen LogP contribution < -0.4 is 5.73 Å². The smallest absolute Gasteiger partial charge is 0.0343 e. The van der Waals surface area contributed by atoms with Gasteiger partial charge in [-0.2, -0.15) is 0 Å². The monoisotopic (exact) mass is 232 g/mol. The van der Waals surface area contributed by atoms with Gasteiger partial charge in [0, 0.05) is 24.3 Å². The van der Waals surface area contributed by atoms with Crippen LogP contribution in [0.3, 0.4) is 0 Å². The van der Waals surface area contributed by atoms with Gasteiger partial charge in [-0.1, -0.05) is 18.6 Å². The number of nitrogens with two attached hydrogens (primary N) is 1. The molecule has 1 aliphatic heterocycles. The van der Waals surface area contributed by atoms with Gasteiger partial charge in [0.1, 0.15) is 0 Å². The Morgan fingerprint density at radius 3 is 2.47 bits per heavy atom. The second-order valence-corrected chi connectivity index (χ2v) is 5.49. The van der Waals surface area contributed by atoms with Gasteiger partial charge in [0.2, 0.25) is 0 Å². The zero-order valence-electron chi connectivity index (χ0n) is 11.2. The second kappa shape index (κ2) is 5.09. The van der Waals surface area contributed by atoms with Crippen molar-refractivity contribution < 1.29 is 0 Å². The Hall–Kier alpha value is -1.02. The van der Waals surface area contributed by atoms with E-state index in [-0.39, 0.29) is 0 Å². The maximum absolute atomic E-state index is 5.86. The lowest BCUT2D eigenvalue weighted by atomic mass is 9.96. The third kappa shape index (κ3) is 2.81. The topological polar surface area (TPSA) is 29.3 Å². The molecule has 1 saturated heterocycles. The fourth-order valence-corrected chi connectivity index (χ4v) is 2.83. The van der Waals surface area contributed by atoms with Gasteiger partial charge in [0.15, 0.2) is 0 Å². The summed E-state index contributed by atoms with van der Waals surface area (Å²) >= 11 is 0. The van der Waals surface area contributed by atoms with Crippen LogP contribution in [0.4, 0.5) is 5.69 Å². The van der Waals surface area contributed by atoms with Crippen molar-refractivity contribution in [1.29, 1.82) is 0 Å². The Bertz CT molecular complexity index is 377. The van der Waals surface area contributed by atoms with Crippen molar-refractivity contribution in [2.45, 2.75) is 58.7 Å². The summed E-state index contributed by atoms with van der Waals surface area (Å²) < 4.78 is 0. The average molecular weight is 232 g/mol. The van der Waals surface area contributed by atoms with Crippen LogP contribution in [0.1, 0.15) is 44.2 Å². The minimum absolute atomic E-state index is 0.705. The number of aryl methyl sites for hydroxylation is 1. The number of hydrogen-bond donors (Lipinski definition) is 1. The largest absolute Gasteiger partial charge is 0.399 e. The molecule has 1 aliphatic rings. The molecule has 1 aromatic rings. The highest BCUT2D eigenvalue weighted by Crippen LogP contribution is 2.25. The van der Waals surface area contributed by atoms with Gasteiger partial charge in [0.25, 0.3) is 0 Å².